The van der Waals surface area contributed by atoms with Gasteiger partial charge in [-0.25, -0.2) is 9.48 Å². The molecule has 3 rings (SSSR count). The first-order valence-corrected chi connectivity index (χ1v) is 7.77. The van der Waals surface area contributed by atoms with Crippen molar-refractivity contribution in [2.45, 2.75) is 31.7 Å². The molecule has 0 unspecified atom stereocenters. The number of carbonyl (C=O) groups is 2. The van der Waals surface area contributed by atoms with Crippen molar-refractivity contribution in [1.29, 1.82) is 0 Å². The molecule has 1 fully saturated rings. The zero-order valence-corrected chi connectivity index (χ0v) is 13.0. The first-order chi connectivity index (χ1) is 11.7. The first-order valence-electron chi connectivity index (χ1n) is 7.77. The van der Waals surface area contributed by atoms with Crippen LogP contribution in [0, 0.1) is 0 Å². The van der Waals surface area contributed by atoms with Crippen molar-refractivity contribution in [3.05, 3.63) is 30.6 Å². The second-order valence-electron chi connectivity index (χ2n) is 5.54. The van der Waals surface area contributed by atoms with E-state index in [4.69, 9.17) is 4.74 Å². The number of aromatic nitrogens is 4. The third-order valence-corrected chi connectivity index (χ3v) is 3.74. The van der Waals surface area contributed by atoms with E-state index in [2.05, 4.69) is 26.2 Å². The highest BCUT2D eigenvalue weighted by atomic mass is 16.5. The number of benzene rings is 1. The largest absolute Gasteiger partial charge is 0.484 e. The zero-order chi connectivity index (χ0) is 16.8. The molecule has 126 valence electrons. The summed E-state index contributed by atoms with van der Waals surface area (Å²) in [4.78, 5) is 23.5. The Kier molecular flexibility index (Phi) is 4.99. The Morgan fingerprint density at radius 1 is 1.29 bits per heavy atom. The average Bonchev–Trinajstić information content (AvgIpc) is 3.26. The van der Waals surface area contributed by atoms with E-state index in [9.17, 15) is 9.59 Å². The number of carbonyl (C=O) groups excluding carboxylic acids is 2. The smallest absolute Gasteiger partial charge is 0.321 e. The van der Waals surface area contributed by atoms with Gasteiger partial charge in [0.1, 0.15) is 12.1 Å². The summed E-state index contributed by atoms with van der Waals surface area (Å²) < 4.78 is 6.88. The van der Waals surface area contributed by atoms with Crippen LogP contribution in [-0.2, 0) is 4.79 Å². The highest BCUT2D eigenvalue weighted by molar-refractivity contribution is 5.95. The number of rotatable bonds is 5. The topological polar surface area (TPSA) is 111 Å². The highest BCUT2D eigenvalue weighted by Gasteiger charge is 2.18. The van der Waals surface area contributed by atoms with Crippen LogP contribution in [0.3, 0.4) is 0 Å². The molecule has 3 amide bonds. The molecule has 0 spiro atoms. The van der Waals surface area contributed by atoms with Crippen molar-refractivity contribution in [3.63, 3.8) is 0 Å². The summed E-state index contributed by atoms with van der Waals surface area (Å²) in [5, 5.41) is 16.0. The molecule has 24 heavy (non-hydrogen) atoms. The van der Waals surface area contributed by atoms with Crippen LogP contribution in [0.15, 0.2) is 30.6 Å². The molecule has 0 bridgehead atoms. The van der Waals surface area contributed by atoms with E-state index in [1.807, 2.05) is 0 Å². The summed E-state index contributed by atoms with van der Waals surface area (Å²) in [6.07, 6.45) is 5.60. The first kappa shape index (κ1) is 15.9. The normalized spacial score (nSPS) is 14.3. The number of hydrogen-bond donors (Lipinski definition) is 2. The molecule has 9 heteroatoms. The maximum atomic E-state index is 11.8. The van der Waals surface area contributed by atoms with Crippen LogP contribution in [0.25, 0.3) is 5.69 Å². The molecule has 2 N–H and O–H groups in total. The quantitative estimate of drug-likeness (QED) is 0.839. The van der Waals surface area contributed by atoms with Crippen molar-refractivity contribution < 1.29 is 14.3 Å². The fraction of sp³-hybridized carbons (Fsp3) is 0.400. The summed E-state index contributed by atoms with van der Waals surface area (Å²) in [7, 11) is 0. The summed E-state index contributed by atoms with van der Waals surface area (Å²) in [6, 6.07) is 6.65. The molecule has 0 radical (unpaired) electrons. The minimum atomic E-state index is -0.502. The standard InChI is InChI=1S/C15H18N6O3/c22-14(18-15(23)17-11-4-1-2-5-11)9-24-13-7-3-6-12(8-13)21-10-16-19-20-21/h3,6-8,10-11H,1-2,4-5,9H2,(H2,17,18,22,23). The van der Waals surface area contributed by atoms with Crippen LogP contribution >= 0.6 is 0 Å². The van der Waals surface area contributed by atoms with Gasteiger partial charge in [0.05, 0.1) is 5.69 Å². The van der Waals surface area contributed by atoms with Crippen LogP contribution in [0.4, 0.5) is 4.79 Å². The molecule has 2 aromatic rings. The van der Waals surface area contributed by atoms with Crippen LogP contribution < -0.4 is 15.4 Å². The fourth-order valence-electron chi connectivity index (χ4n) is 2.60. The van der Waals surface area contributed by atoms with Gasteiger partial charge in [0, 0.05) is 12.1 Å². The second-order valence-corrected chi connectivity index (χ2v) is 5.54. The SMILES string of the molecule is O=C(COc1cccc(-n2cnnn2)c1)NC(=O)NC1CCCC1. The summed E-state index contributed by atoms with van der Waals surface area (Å²) in [5.41, 5.74) is 0.705. The van der Waals surface area contributed by atoms with Crippen molar-refractivity contribution in [1.82, 2.24) is 30.8 Å². The van der Waals surface area contributed by atoms with Gasteiger partial charge in [-0.2, -0.15) is 0 Å². The molecule has 0 saturated heterocycles. The molecule has 9 nitrogen and oxygen atoms in total. The maximum Gasteiger partial charge on any atom is 0.321 e. The molecule has 1 heterocycles. The third kappa shape index (κ3) is 4.28. The highest BCUT2D eigenvalue weighted by Crippen LogP contribution is 2.17. The number of amides is 3. The lowest BCUT2D eigenvalue weighted by Crippen LogP contribution is -2.45. The summed E-state index contributed by atoms with van der Waals surface area (Å²) in [5.74, 6) is -0.0207. The lowest BCUT2D eigenvalue weighted by Gasteiger charge is -2.12. The molecule has 1 aromatic heterocycles. The van der Waals surface area contributed by atoms with Crippen molar-refractivity contribution in [3.8, 4) is 11.4 Å². The van der Waals surface area contributed by atoms with Crippen LogP contribution in [0.2, 0.25) is 0 Å². The predicted molar refractivity (Wildman–Crippen MR) is 83.6 cm³/mol. The Balaban J connectivity index is 1.47. The van der Waals surface area contributed by atoms with Gasteiger partial charge in [-0.3, -0.25) is 10.1 Å². The van der Waals surface area contributed by atoms with E-state index in [-0.39, 0.29) is 12.6 Å². The van der Waals surface area contributed by atoms with Crippen LogP contribution in [-0.4, -0.2) is 44.8 Å². The Labute approximate surface area is 138 Å². The van der Waals surface area contributed by atoms with E-state index >= 15 is 0 Å². The average molecular weight is 330 g/mol. The van der Waals surface area contributed by atoms with Crippen molar-refractivity contribution >= 4 is 11.9 Å². The van der Waals surface area contributed by atoms with E-state index in [1.54, 1.807) is 24.3 Å². The Morgan fingerprint density at radius 3 is 2.88 bits per heavy atom. The number of ether oxygens (including phenoxy) is 1. The van der Waals surface area contributed by atoms with Gasteiger partial charge in [-0.15, -0.1) is 5.10 Å². The molecular weight excluding hydrogens is 312 g/mol. The lowest BCUT2D eigenvalue weighted by molar-refractivity contribution is -0.122. The van der Waals surface area contributed by atoms with E-state index in [1.165, 1.54) is 11.0 Å². The van der Waals surface area contributed by atoms with Gasteiger partial charge >= 0.3 is 6.03 Å². The number of nitrogens with zero attached hydrogens (tertiary/aromatic N) is 4. The minimum absolute atomic E-state index is 0.159. The molecule has 1 saturated carbocycles. The molecule has 1 aliphatic carbocycles. The van der Waals surface area contributed by atoms with Crippen molar-refractivity contribution in [2.75, 3.05) is 6.61 Å². The number of hydrogen-bond acceptors (Lipinski definition) is 6. The summed E-state index contributed by atoms with van der Waals surface area (Å²) >= 11 is 0. The molecular formula is C15H18N6O3. The maximum absolute atomic E-state index is 11.8. The van der Waals surface area contributed by atoms with Gasteiger partial charge in [0.15, 0.2) is 6.61 Å². The van der Waals surface area contributed by atoms with Gasteiger partial charge in [-0.05, 0) is 35.4 Å². The zero-order valence-electron chi connectivity index (χ0n) is 13.0. The summed E-state index contributed by atoms with van der Waals surface area (Å²) in [6.45, 7) is -0.253. The molecule has 0 atom stereocenters. The van der Waals surface area contributed by atoms with E-state index in [0.717, 1.165) is 25.7 Å². The fourth-order valence-corrected chi connectivity index (χ4v) is 2.60. The van der Waals surface area contributed by atoms with Crippen molar-refractivity contribution in [2.24, 2.45) is 0 Å². The third-order valence-electron chi connectivity index (χ3n) is 3.74. The minimum Gasteiger partial charge on any atom is -0.484 e. The second kappa shape index (κ2) is 7.53. The molecule has 0 aliphatic heterocycles. The monoisotopic (exact) mass is 330 g/mol. The van der Waals surface area contributed by atoms with Gasteiger partial charge in [0.25, 0.3) is 5.91 Å². The Bertz CT molecular complexity index is 697. The number of imide groups is 1. The molecule has 1 aromatic carbocycles. The predicted octanol–water partition coefficient (Wildman–Crippen LogP) is 0.809. The molecule has 1 aliphatic rings. The Morgan fingerprint density at radius 2 is 2.12 bits per heavy atom. The van der Waals surface area contributed by atoms with Gasteiger partial charge < -0.3 is 10.1 Å². The van der Waals surface area contributed by atoms with E-state index < -0.39 is 11.9 Å². The number of tetrazole rings is 1. The Hall–Kier alpha value is -2.97. The van der Waals surface area contributed by atoms with Gasteiger partial charge in [0.2, 0.25) is 0 Å². The lowest BCUT2D eigenvalue weighted by atomic mass is 10.2. The number of urea groups is 1. The number of nitrogens with one attached hydrogen (secondary N) is 2. The van der Waals surface area contributed by atoms with Gasteiger partial charge in [-0.1, -0.05) is 18.9 Å². The van der Waals surface area contributed by atoms with E-state index in [0.29, 0.717) is 11.4 Å². The van der Waals surface area contributed by atoms with Crippen LogP contribution in [0.1, 0.15) is 25.7 Å². The van der Waals surface area contributed by atoms with Crippen LogP contribution in [0.5, 0.6) is 5.75 Å².